The van der Waals surface area contributed by atoms with Gasteiger partial charge in [-0.2, -0.15) is 0 Å². The number of anilines is 1. The van der Waals surface area contributed by atoms with Crippen molar-refractivity contribution in [2.75, 3.05) is 65.6 Å². The molecule has 0 N–H and O–H groups in total. The van der Waals surface area contributed by atoms with Crippen molar-refractivity contribution in [1.82, 2.24) is 9.88 Å². The van der Waals surface area contributed by atoms with E-state index in [0.29, 0.717) is 52.7 Å². The normalized spacial score (nSPS) is 14.4. The van der Waals surface area contributed by atoms with Crippen molar-refractivity contribution in [3.05, 3.63) is 47.0 Å². The van der Waals surface area contributed by atoms with Crippen molar-refractivity contribution >= 4 is 50.3 Å². The van der Waals surface area contributed by atoms with E-state index >= 15 is 0 Å². The van der Waals surface area contributed by atoms with Crippen molar-refractivity contribution in [3.8, 4) is 17.2 Å². The molecule has 1 fully saturated rings. The van der Waals surface area contributed by atoms with E-state index in [1.807, 2.05) is 12.1 Å². The highest BCUT2D eigenvalue weighted by Gasteiger charge is 2.21. The first-order valence-corrected chi connectivity index (χ1v) is 12.4. The summed E-state index contributed by atoms with van der Waals surface area (Å²) in [4.78, 5) is 22.1. The minimum Gasteiger partial charge on any atom is -0.493 e. The number of para-hydroxylation sites is 1. The lowest BCUT2D eigenvalue weighted by atomic mass is 10.1. The molecule has 0 aliphatic carbocycles. The number of amides is 1. The van der Waals surface area contributed by atoms with Gasteiger partial charge in [0.1, 0.15) is 5.52 Å². The van der Waals surface area contributed by atoms with Crippen LogP contribution >= 0.6 is 22.9 Å². The molecule has 186 valence electrons. The zero-order valence-electron chi connectivity index (χ0n) is 20.0. The van der Waals surface area contributed by atoms with Gasteiger partial charge in [-0.25, -0.2) is 4.98 Å². The lowest BCUT2D eigenvalue weighted by Crippen LogP contribution is -2.42. The third-order valence-corrected chi connectivity index (χ3v) is 7.05. The van der Waals surface area contributed by atoms with Crippen LogP contribution in [0.2, 0.25) is 5.02 Å². The maximum atomic E-state index is 13.4. The Labute approximate surface area is 213 Å². The quantitative estimate of drug-likeness (QED) is 0.390. The monoisotopic (exact) mass is 517 g/mol. The second-order valence-corrected chi connectivity index (χ2v) is 9.24. The molecule has 35 heavy (non-hydrogen) atoms. The highest BCUT2D eigenvalue weighted by atomic mass is 35.5. The molecule has 8 nitrogen and oxygen atoms in total. The number of ether oxygens (including phenoxy) is 4. The molecule has 3 aromatic rings. The molecule has 0 atom stereocenters. The van der Waals surface area contributed by atoms with Crippen molar-refractivity contribution < 1.29 is 23.7 Å². The number of carbonyl (C=O) groups excluding carboxylic acids is 1. The molecular weight excluding hydrogens is 490 g/mol. The molecule has 1 amide bonds. The zero-order valence-corrected chi connectivity index (χ0v) is 21.5. The van der Waals surface area contributed by atoms with Gasteiger partial charge in [0, 0.05) is 32.3 Å². The summed E-state index contributed by atoms with van der Waals surface area (Å²) in [7, 11) is 4.67. The summed E-state index contributed by atoms with van der Waals surface area (Å²) in [5.41, 5.74) is 1.44. The van der Waals surface area contributed by atoms with Gasteiger partial charge in [0.15, 0.2) is 16.6 Å². The van der Waals surface area contributed by atoms with E-state index in [1.165, 1.54) is 17.4 Å². The van der Waals surface area contributed by atoms with Crippen LogP contribution in [0.4, 0.5) is 5.13 Å². The number of fused-ring (bicyclic) bond motifs is 1. The minimum atomic E-state index is -0.179. The highest BCUT2D eigenvalue weighted by molar-refractivity contribution is 7.22. The second-order valence-electron chi connectivity index (χ2n) is 7.82. The van der Waals surface area contributed by atoms with Crippen LogP contribution in [0.25, 0.3) is 16.3 Å². The molecule has 1 saturated heterocycles. The summed E-state index contributed by atoms with van der Waals surface area (Å²) in [5.74, 6) is 1.35. The number of methoxy groups -OCH3 is 3. The van der Waals surface area contributed by atoms with E-state index in [1.54, 1.807) is 50.5 Å². The Morgan fingerprint density at radius 2 is 1.89 bits per heavy atom. The molecule has 1 aromatic heterocycles. The van der Waals surface area contributed by atoms with Gasteiger partial charge in [-0.05, 0) is 35.9 Å². The number of aromatic nitrogens is 1. The topological polar surface area (TPSA) is 73.4 Å². The molecular formula is C25H28ClN3O5S. The van der Waals surface area contributed by atoms with Gasteiger partial charge in [0.25, 0.3) is 5.91 Å². The predicted octanol–water partition coefficient (Wildman–Crippen LogP) is 4.35. The van der Waals surface area contributed by atoms with E-state index in [4.69, 9.17) is 30.5 Å². The second kappa shape index (κ2) is 11.7. The zero-order chi connectivity index (χ0) is 24.8. The van der Waals surface area contributed by atoms with Gasteiger partial charge in [-0.3, -0.25) is 14.6 Å². The molecule has 0 unspecified atom stereocenters. The first kappa shape index (κ1) is 25.2. The average Bonchev–Trinajstić information content (AvgIpc) is 3.32. The molecule has 1 aliphatic heterocycles. The van der Waals surface area contributed by atoms with Gasteiger partial charge in [-0.1, -0.05) is 29.0 Å². The average molecular weight is 518 g/mol. The van der Waals surface area contributed by atoms with Crippen LogP contribution in [0.1, 0.15) is 5.56 Å². The molecule has 2 heterocycles. The fourth-order valence-corrected chi connectivity index (χ4v) is 5.14. The summed E-state index contributed by atoms with van der Waals surface area (Å²) in [6.45, 7) is 4.30. The smallest absolute Gasteiger partial charge is 0.252 e. The number of carbonyl (C=O) groups is 1. The highest BCUT2D eigenvalue weighted by Crippen LogP contribution is 2.38. The van der Waals surface area contributed by atoms with Crippen LogP contribution in [0.3, 0.4) is 0 Å². The van der Waals surface area contributed by atoms with E-state index in [0.717, 1.165) is 29.9 Å². The van der Waals surface area contributed by atoms with Crippen molar-refractivity contribution in [2.45, 2.75) is 0 Å². The molecule has 0 saturated carbocycles. The number of nitrogens with zero attached hydrogens (tertiary/aromatic N) is 3. The number of halogens is 1. The van der Waals surface area contributed by atoms with Crippen LogP contribution in [0.5, 0.6) is 17.2 Å². The number of hydrogen-bond acceptors (Lipinski definition) is 8. The minimum absolute atomic E-state index is 0.179. The maximum Gasteiger partial charge on any atom is 0.252 e. The first-order valence-electron chi connectivity index (χ1n) is 11.2. The van der Waals surface area contributed by atoms with Crippen molar-refractivity contribution in [1.29, 1.82) is 0 Å². The fourth-order valence-electron chi connectivity index (χ4n) is 3.84. The Morgan fingerprint density at radius 1 is 1.17 bits per heavy atom. The Kier molecular flexibility index (Phi) is 8.46. The Balaban J connectivity index is 1.61. The van der Waals surface area contributed by atoms with Gasteiger partial charge in [0.2, 0.25) is 5.75 Å². The summed E-state index contributed by atoms with van der Waals surface area (Å²) < 4.78 is 22.6. The molecule has 0 radical (unpaired) electrons. The third-order valence-electron chi connectivity index (χ3n) is 5.70. The number of thiazole rings is 1. The van der Waals surface area contributed by atoms with Gasteiger partial charge >= 0.3 is 0 Å². The Bertz CT molecular complexity index is 1180. The fraction of sp³-hybridized carbons (Fsp3) is 0.360. The van der Waals surface area contributed by atoms with Gasteiger partial charge in [-0.15, -0.1) is 0 Å². The molecule has 2 aromatic carbocycles. The first-order chi connectivity index (χ1) is 17.0. The maximum absolute atomic E-state index is 13.4. The lowest BCUT2D eigenvalue weighted by Gasteiger charge is -2.28. The standard InChI is InChI=1S/C25H28ClN3O5S/c1-31-19-15-17(16-20(32-2)24(19)33-3)7-8-22(30)29(10-9-28-11-13-34-14-12-28)25-27-23-18(26)5-4-6-21(23)35-25/h4-8,15-16H,9-14H2,1-3H3/b8-7+. The van der Waals surface area contributed by atoms with E-state index < -0.39 is 0 Å². The predicted molar refractivity (Wildman–Crippen MR) is 139 cm³/mol. The van der Waals surface area contributed by atoms with Gasteiger partial charge in [0.05, 0.1) is 44.3 Å². The molecule has 0 bridgehead atoms. The molecule has 10 heteroatoms. The summed E-state index contributed by atoms with van der Waals surface area (Å²) >= 11 is 7.80. The summed E-state index contributed by atoms with van der Waals surface area (Å²) in [5, 5.41) is 1.18. The SMILES string of the molecule is COc1cc(/C=C/C(=O)N(CCN2CCOCC2)c2nc3c(Cl)cccc3s2)cc(OC)c1OC. The van der Waals surface area contributed by atoms with E-state index in [9.17, 15) is 4.79 Å². The van der Waals surface area contributed by atoms with Gasteiger partial charge < -0.3 is 18.9 Å². The van der Waals surface area contributed by atoms with Crippen LogP contribution in [-0.2, 0) is 9.53 Å². The molecule has 0 spiro atoms. The summed E-state index contributed by atoms with van der Waals surface area (Å²) in [6.07, 6.45) is 3.27. The Morgan fingerprint density at radius 3 is 2.51 bits per heavy atom. The number of hydrogen-bond donors (Lipinski definition) is 0. The van der Waals surface area contributed by atoms with Crippen LogP contribution in [0.15, 0.2) is 36.4 Å². The largest absolute Gasteiger partial charge is 0.493 e. The van der Waals surface area contributed by atoms with E-state index in [-0.39, 0.29) is 5.91 Å². The van der Waals surface area contributed by atoms with Crippen LogP contribution in [-0.4, -0.2) is 76.5 Å². The Hall–Kier alpha value is -2.85. The van der Waals surface area contributed by atoms with Crippen molar-refractivity contribution in [3.63, 3.8) is 0 Å². The number of rotatable bonds is 9. The lowest BCUT2D eigenvalue weighted by molar-refractivity contribution is -0.114. The molecule has 4 rings (SSSR count). The van der Waals surface area contributed by atoms with E-state index in [2.05, 4.69) is 9.88 Å². The van der Waals surface area contributed by atoms with Crippen molar-refractivity contribution in [2.24, 2.45) is 0 Å². The van der Waals surface area contributed by atoms with Crippen LogP contribution in [0, 0.1) is 0 Å². The van der Waals surface area contributed by atoms with Crippen LogP contribution < -0.4 is 19.1 Å². The third kappa shape index (κ3) is 5.87. The molecule has 1 aliphatic rings. The number of morpholine rings is 1. The number of benzene rings is 2. The summed E-state index contributed by atoms with van der Waals surface area (Å²) in [6, 6.07) is 9.23.